The van der Waals surface area contributed by atoms with E-state index in [2.05, 4.69) is 15.5 Å². The normalized spacial score (nSPS) is 26.9. The first kappa shape index (κ1) is 16.0. The third-order valence-electron chi connectivity index (χ3n) is 5.78. The zero-order valence-electron chi connectivity index (χ0n) is 14.2. The maximum absolute atomic E-state index is 12.4. The van der Waals surface area contributed by atoms with Crippen LogP contribution < -0.4 is 5.32 Å². The number of nitrogens with one attached hydrogen (secondary N) is 2. The number of likely N-dealkylation sites (tertiary alicyclic amines) is 1. The molecule has 126 valence electrons. The zero-order chi connectivity index (χ0) is 16.6. The number of fused-ring (bicyclic) bond motifs is 1. The molecule has 1 aliphatic carbocycles. The summed E-state index contributed by atoms with van der Waals surface area (Å²) in [6, 6.07) is 0.274. The summed E-state index contributed by atoms with van der Waals surface area (Å²) >= 11 is 0. The maximum Gasteiger partial charge on any atom is 0.272 e. The number of carbonyl (C=O) groups excluding carboxylic acids is 2. The predicted molar refractivity (Wildman–Crippen MR) is 87.1 cm³/mol. The fourth-order valence-corrected chi connectivity index (χ4v) is 4.37. The number of rotatable bonds is 3. The van der Waals surface area contributed by atoms with Crippen molar-refractivity contribution in [3.8, 4) is 0 Å². The number of aromatic nitrogens is 2. The summed E-state index contributed by atoms with van der Waals surface area (Å²) in [7, 11) is 0. The molecule has 0 bridgehead atoms. The zero-order valence-corrected chi connectivity index (χ0v) is 14.2. The highest BCUT2D eigenvalue weighted by Crippen LogP contribution is 2.47. The molecule has 2 unspecified atom stereocenters. The molecule has 2 amide bonds. The lowest BCUT2D eigenvalue weighted by Crippen LogP contribution is -2.55. The second kappa shape index (κ2) is 5.98. The Kier molecular flexibility index (Phi) is 4.17. The van der Waals surface area contributed by atoms with Gasteiger partial charge in [0.2, 0.25) is 5.91 Å². The van der Waals surface area contributed by atoms with Gasteiger partial charge < -0.3 is 10.2 Å². The van der Waals surface area contributed by atoms with Crippen molar-refractivity contribution >= 4 is 11.8 Å². The number of nitrogens with zero attached hydrogens (tertiary/aromatic N) is 2. The fraction of sp³-hybridized carbons (Fsp3) is 0.706. The molecule has 1 aromatic rings. The van der Waals surface area contributed by atoms with Gasteiger partial charge in [0.15, 0.2) is 5.69 Å². The van der Waals surface area contributed by atoms with Crippen molar-refractivity contribution in [3.05, 3.63) is 17.0 Å². The third kappa shape index (κ3) is 2.75. The van der Waals surface area contributed by atoms with Gasteiger partial charge in [-0.25, -0.2) is 0 Å². The molecule has 23 heavy (non-hydrogen) atoms. The largest absolute Gasteiger partial charge is 0.350 e. The Balaban J connectivity index is 1.72. The molecule has 1 saturated heterocycles. The molecule has 1 aliphatic heterocycles. The Hall–Kier alpha value is -1.85. The Labute approximate surface area is 137 Å². The molecule has 2 atom stereocenters. The lowest BCUT2D eigenvalue weighted by atomic mass is 9.74. The first-order chi connectivity index (χ1) is 10.9. The van der Waals surface area contributed by atoms with E-state index in [1.165, 1.54) is 0 Å². The lowest BCUT2D eigenvalue weighted by molar-refractivity contribution is -0.135. The molecule has 2 N–H and O–H groups in total. The Morgan fingerprint density at radius 1 is 1.35 bits per heavy atom. The monoisotopic (exact) mass is 318 g/mol. The molecule has 6 nitrogen and oxygen atoms in total. The van der Waals surface area contributed by atoms with Gasteiger partial charge in [-0.1, -0.05) is 6.42 Å². The van der Waals surface area contributed by atoms with E-state index in [-0.39, 0.29) is 23.3 Å². The Morgan fingerprint density at radius 3 is 2.74 bits per heavy atom. The standard InChI is InChI=1S/C17H26N4O2/c1-11-12(2)19-20-15(11)16(23)18-10-17-7-4-6-14(17)21(13(3)22)9-5-8-17/h14H,4-10H2,1-3H3,(H,18,23)(H,19,20). The Bertz CT molecular complexity index is 624. The molecule has 6 heteroatoms. The third-order valence-corrected chi connectivity index (χ3v) is 5.78. The van der Waals surface area contributed by atoms with Crippen LogP contribution in [0.5, 0.6) is 0 Å². The second-order valence-corrected chi connectivity index (χ2v) is 7.09. The van der Waals surface area contributed by atoms with Gasteiger partial charge in [-0.15, -0.1) is 0 Å². The van der Waals surface area contributed by atoms with Crippen LogP contribution in [0.4, 0.5) is 0 Å². The highest BCUT2D eigenvalue weighted by molar-refractivity contribution is 5.93. The van der Waals surface area contributed by atoms with E-state index in [1.54, 1.807) is 6.92 Å². The first-order valence-electron chi connectivity index (χ1n) is 8.51. The molecule has 2 heterocycles. The van der Waals surface area contributed by atoms with Crippen LogP contribution >= 0.6 is 0 Å². The van der Waals surface area contributed by atoms with Crippen LogP contribution in [0.25, 0.3) is 0 Å². The average Bonchev–Trinajstić information content (AvgIpc) is 3.09. The van der Waals surface area contributed by atoms with Gasteiger partial charge in [0.1, 0.15) is 0 Å². The number of carbonyl (C=O) groups is 2. The van der Waals surface area contributed by atoms with E-state index in [4.69, 9.17) is 0 Å². The number of piperidine rings is 1. The van der Waals surface area contributed by atoms with E-state index in [0.717, 1.165) is 49.9 Å². The predicted octanol–water partition coefficient (Wildman–Crippen LogP) is 1.94. The summed E-state index contributed by atoms with van der Waals surface area (Å²) in [5.41, 5.74) is 2.34. The summed E-state index contributed by atoms with van der Waals surface area (Å²) in [6.45, 7) is 6.96. The van der Waals surface area contributed by atoms with Crippen LogP contribution in [0.1, 0.15) is 60.8 Å². The smallest absolute Gasteiger partial charge is 0.272 e. The second-order valence-electron chi connectivity index (χ2n) is 7.09. The number of aryl methyl sites for hydroxylation is 1. The number of hydrogen-bond donors (Lipinski definition) is 2. The first-order valence-corrected chi connectivity index (χ1v) is 8.51. The molecule has 2 aliphatic rings. The SMILES string of the molecule is CC(=O)N1CCCC2(CNC(=O)c3n[nH]c(C)c3C)CCCC12. The quantitative estimate of drug-likeness (QED) is 0.894. The minimum Gasteiger partial charge on any atom is -0.350 e. The van der Waals surface area contributed by atoms with E-state index in [9.17, 15) is 9.59 Å². The van der Waals surface area contributed by atoms with Gasteiger partial charge in [-0.05, 0) is 39.5 Å². The van der Waals surface area contributed by atoms with Crippen molar-refractivity contribution in [1.82, 2.24) is 20.4 Å². The van der Waals surface area contributed by atoms with E-state index < -0.39 is 0 Å². The number of hydrogen-bond acceptors (Lipinski definition) is 3. The Morgan fingerprint density at radius 2 is 2.09 bits per heavy atom. The van der Waals surface area contributed by atoms with Gasteiger partial charge >= 0.3 is 0 Å². The van der Waals surface area contributed by atoms with Crippen LogP contribution in [0.2, 0.25) is 0 Å². The van der Waals surface area contributed by atoms with Gasteiger partial charge in [0.05, 0.1) is 0 Å². The van der Waals surface area contributed by atoms with Crippen LogP contribution in [0.3, 0.4) is 0 Å². The van der Waals surface area contributed by atoms with E-state index in [1.807, 2.05) is 18.7 Å². The van der Waals surface area contributed by atoms with Crippen molar-refractivity contribution in [2.75, 3.05) is 13.1 Å². The molecule has 1 aromatic heterocycles. The van der Waals surface area contributed by atoms with Crippen LogP contribution in [0, 0.1) is 19.3 Å². The minimum atomic E-state index is -0.119. The summed E-state index contributed by atoms with van der Waals surface area (Å²) in [4.78, 5) is 26.4. The van der Waals surface area contributed by atoms with Crippen molar-refractivity contribution in [3.63, 3.8) is 0 Å². The van der Waals surface area contributed by atoms with Gasteiger partial charge in [-0.3, -0.25) is 14.7 Å². The molecule has 1 saturated carbocycles. The van der Waals surface area contributed by atoms with Crippen LogP contribution in [-0.4, -0.2) is 46.0 Å². The van der Waals surface area contributed by atoms with Crippen molar-refractivity contribution < 1.29 is 9.59 Å². The van der Waals surface area contributed by atoms with Crippen LogP contribution in [0.15, 0.2) is 0 Å². The minimum absolute atomic E-state index is 0.0405. The van der Waals surface area contributed by atoms with Crippen molar-refractivity contribution in [2.24, 2.45) is 5.41 Å². The van der Waals surface area contributed by atoms with Crippen molar-refractivity contribution in [2.45, 2.75) is 58.9 Å². The van der Waals surface area contributed by atoms with Crippen molar-refractivity contribution in [1.29, 1.82) is 0 Å². The molecule has 0 radical (unpaired) electrons. The topological polar surface area (TPSA) is 78.1 Å². The summed E-state index contributed by atoms with van der Waals surface area (Å²) in [6.07, 6.45) is 5.37. The van der Waals surface area contributed by atoms with Gasteiger partial charge in [0.25, 0.3) is 5.91 Å². The highest BCUT2D eigenvalue weighted by atomic mass is 16.2. The molecule has 0 spiro atoms. The van der Waals surface area contributed by atoms with Gasteiger partial charge in [0, 0.05) is 42.7 Å². The van der Waals surface area contributed by atoms with E-state index in [0.29, 0.717) is 12.2 Å². The molecular formula is C17H26N4O2. The summed E-state index contributed by atoms with van der Waals surface area (Å²) in [5.74, 6) is 0.0397. The average molecular weight is 318 g/mol. The van der Waals surface area contributed by atoms with Crippen LogP contribution in [-0.2, 0) is 4.79 Å². The summed E-state index contributed by atoms with van der Waals surface area (Å²) in [5, 5.41) is 10.0. The van der Waals surface area contributed by atoms with E-state index >= 15 is 0 Å². The fourth-order valence-electron chi connectivity index (χ4n) is 4.37. The summed E-state index contributed by atoms with van der Waals surface area (Å²) < 4.78 is 0. The maximum atomic E-state index is 12.4. The molecule has 0 aromatic carbocycles. The molecule has 3 rings (SSSR count). The molecule has 2 fully saturated rings. The number of aromatic amines is 1. The molecular weight excluding hydrogens is 292 g/mol. The number of amides is 2. The lowest BCUT2D eigenvalue weighted by Gasteiger charge is -2.46. The van der Waals surface area contributed by atoms with Gasteiger partial charge in [-0.2, -0.15) is 5.10 Å². The number of H-pyrrole nitrogens is 1. The highest BCUT2D eigenvalue weighted by Gasteiger charge is 2.48.